The molecule has 0 spiro atoms. The van der Waals surface area contributed by atoms with Crippen LogP contribution in [0.15, 0.2) is 47.7 Å². The molecule has 3 heterocycles. The zero-order valence-corrected chi connectivity index (χ0v) is 21.9. The lowest BCUT2D eigenvalue weighted by Gasteiger charge is -2.36. The molecule has 1 saturated heterocycles. The van der Waals surface area contributed by atoms with Crippen LogP contribution in [-0.4, -0.2) is 77.6 Å². The van der Waals surface area contributed by atoms with Crippen molar-refractivity contribution in [3.05, 3.63) is 47.7 Å². The quantitative estimate of drug-likeness (QED) is 0.422. The molecule has 1 aromatic carbocycles. The van der Waals surface area contributed by atoms with Crippen molar-refractivity contribution in [3.8, 4) is 11.4 Å². The van der Waals surface area contributed by atoms with Gasteiger partial charge >= 0.3 is 0 Å². The first-order chi connectivity index (χ1) is 18.2. The Morgan fingerprint density at radius 3 is 2.39 bits per heavy atom. The van der Waals surface area contributed by atoms with E-state index in [-0.39, 0.29) is 29.9 Å². The first kappa shape index (κ1) is 26.8. The highest BCUT2D eigenvalue weighted by Crippen LogP contribution is 2.27. The highest BCUT2D eigenvalue weighted by molar-refractivity contribution is 6.05. The van der Waals surface area contributed by atoms with E-state index in [1.165, 1.54) is 13.8 Å². The van der Waals surface area contributed by atoms with Crippen molar-refractivity contribution >= 4 is 35.1 Å². The minimum Gasteiger partial charge on any atom is -0.368 e. The molecule has 1 fully saturated rings. The lowest BCUT2D eigenvalue weighted by molar-refractivity contribution is -0.135. The molecule has 0 aliphatic carbocycles. The zero-order chi connectivity index (χ0) is 27.2. The average Bonchev–Trinajstić information content (AvgIpc) is 3.19. The Morgan fingerprint density at radius 1 is 1.03 bits per heavy atom. The summed E-state index contributed by atoms with van der Waals surface area (Å²) >= 11 is 0. The van der Waals surface area contributed by atoms with Crippen LogP contribution in [-0.2, 0) is 19.2 Å². The SMILES string of the molecule is CC(=O)NCCNc1cc(N2CCN(C(=O)CC3C(=O)NC(C)=C3C(C)=O)CC2)nc(-c2ccccc2)n1. The molecule has 2 aromatic rings. The molecule has 1 aromatic heterocycles. The Morgan fingerprint density at radius 2 is 1.74 bits per heavy atom. The Balaban J connectivity index is 1.43. The highest BCUT2D eigenvalue weighted by atomic mass is 16.2. The number of nitrogens with zero attached hydrogens (tertiary/aromatic N) is 4. The molecule has 11 heteroatoms. The van der Waals surface area contributed by atoms with Gasteiger partial charge in [-0.1, -0.05) is 30.3 Å². The van der Waals surface area contributed by atoms with Crippen LogP contribution in [0.1, 0.15) is 27.2 Å². The van der Waals surface area contributed by atoms with E-state index < -0.39 is 5.92 Å². The number of anilines is 2. The summed E-state index contributed by atoms with van der Waals surface area (Å²) in [5, 5.41) is 8.69. The molecular formula is C27H33N7O4. The fourth-order valence-electron chi connectivity index (χ4n) is 4.76. The molecular weight excluding hydrogens is 486 g/mol. The summed E-state index contributed by atoms with van der Waals surface area (Å²) in [6, 6.07) is 11.6. The van der Waals surface area contributed by atoms with Gasteiger partial charge in [0.25, 0.3) is 0 Å². The van der Waals surface area contributed by atoms with E-state index in [0.29, 0.717) is 62.2 Å². The first-order valence-electron chi connectivity index (χ1n) is 12.7. The number of carbonyl (C=O) groups is 4. The molecule has 38 heavy (non-hydrogen) atoms. The molecule has 0 saturated carbocycles. The predicted molar refractivity (Wildman–Crippen MR) is 143 cm³/mol. The molecule has 1 atom stereocenters. The highest BCUT2D eigenvalue weighted by Gasteiger charge is 2.37. The van der Waals surface area contributed by atoms with Gasteiger partial charge in [-0.05, 0) is 13.8 Å². The first-order valence-corrected chi connectivity index (χ1v) is 12.7. The number of hydrogen-bond donors (Lipinski definition) is 3. The molecule has 200 valence electrons. The van der Waals surface area contributed by atoms with Crippen LogP contribution < -0.4 is 20.9 Å². The Labute approximate surface area is 221 Å². The number of piperazine rings is 1. The number of Topliss-reactive ketones (excluding diaryl/α,β-unsaturated/α-hetero) is 1. The number of allylic oxidation sites excluding steroid dienone is 1. The fourth-order valence-corrected chi connectivity index (χ4v) is 4.76. The van der Waals surface area contributed by atoms with Crippen molar-refractivity contribution in [1.82, 2.24) is 25.5 Å². The van der Waals surface area contributed by atoms with Gasteiger partial charge in [0.05, 0.1) is 5.92 Å². The van der Waals surface area contributed by atoms with Crippen LogP contribution in [0.3, 0.4) is 0 Å². The normalized spacial score (nSPS) is 17.3. The number of amides is 3. The minimum absolute atomic E-state index is 0.0217. The Bertz CT molecular complexity index is 1250. The van der Waals surface area contributed by atoms with Crippen LogP contribution in [0, 0.1) is 5.92 Å². The second kappa shape index (κ2) is 11.8. The Hall–Kier alpha value is -4.28. The summed E-state index contributed by atoms with van der Waals surface area (Å²) in [6.45, 7) is 7.63. The lowest BCUT2D eigenvalue weighted by Crippen LogP contribution is -2.49. The van der Waals surface area contributed by atoms with Crippen molar-refractivity contribution in [1.29, 1.82) is 0 Å². The maximum absolute atomic E-state index is 13.0. The van der Waals surface area contributed by atoms with Crippen LogP contribution in [0.4, 0.5) is 11.6 Å². The molecule has 0 bridgehead atoms. The number of carbonyl (C=O) groups excluding carboxylic acids is 4. The van der Waals surface area contributed by atoms with Gasteiger partial charge in [0.2, 0.25) is 17.7 Å². The molecule has 11 nitrogen and oxygen atoms in total. The van der Waals surface area contributed by atoms with E-state index >= 15 is 0 Å². The van der Waals surface area contributed by atoms with Gasteiger partial charge in [-0.25, -0.2) is 9.97 Å². The third-order valence-electron chi connectivity index (χ3n) is 6.64. The average molecular weight is 520 g/mol. The monoisotopic (exact) mass is 519 g/mol. The summed E-state index contributed by atoms with van der Waals surface area (Å²) in [4.78, 5) is 61.8. The zero-order valence-electron chi connectivity index (χ0n) is 21.9. The molecule has 4 rings (SSSR count). The third-order valence-corrected chi connectivity index (χ3v) is 6.64. The standard InChI is InChI=1S/C27H33N7O4/c1-17-25(18(2)35)21(27(38)30-17)15-24(37)34-13-11-33(12-14-34)23-16-22(29-10-9-28-19(3)36)31-26(32-23)20-7-5-4-6-8-20/h4-8,16,21H,9-15H2,1-3H3,(H,28,36)(H,30,38)(H,29,31,32). The van der Waals surface area contributed by atoms with E-state index in [9.17, 15) is 19.2 Å². The predicted octanol–water partition coefficient (Wildman–Crippen LogP) is 1.34. The van der Waals surface area contributed by atoms with Gasteiger partial charge in [-0.15, -0.1) is 0 Å². The molecule has 2 aliphatic heterocycles. The molecule has 1 unspecified atom stereocenters. The fraction of sp³-hybridized carbons (Fsp3) is 0.407. The summed E-state index contributed by atoms with van der Waals surface area (Å²) in [7, 11) is 0. The van der Waals surface area contributed by atoms with Crippen molar-refractivity contribution in [2.24, 2.45) is 5.92 Å². The third kappa shape index (κ3) is 6.34. The van der Waals surface area contributed by atoms with Gasteiger partial charge in [0.15, 0.2) is 11.6 Å². The number of hydrogen-bond acceptors (Lipinski definition) is 8. The lowest BCUT2D eigenvalue weighted by atomic mass is 9.93. The van der Waals surface area contributed by atoms with Crippen LogP contribution in [0.25, 0.3) is 11.4 Å². The van der Waals surface area contributed by atoms with E-state index in [0.717, 1.165) is 11.4 Å². The van der Waals surface area contributed by atoms with E-state index in [4.69, 9.17) is 4.98 Å². The number of nitrogens with one attached hydrogen (secondary N) is 3. The van der Waals surface area contributed by atoms with E-state index in [1.807, 2.05) is 36.4 Å². The second-order valence-electron chi connectivity index (χ2n) is 9.42. The summed E-state index contributed by atoms with van der Waals surface area (Å²) in [5.41, 5.74) is 1.81. The summed E-state index contributed by atoms with van der Waals surface area (Å²) in [6.07, 6.45) is -0.0217. The van der Waals surface area contributed by atoms with Gasteiger partial charge in [0.1, 0.15) is 11.6 Å². The molecule has 3 amide bonds. The minimum atomic E-state index is -0.737. The van der Waals surface area contributed by atoms with Gasteiger partial charge < -0.3 is 25.8 Å². The Kier molecular flexibility index (Phi) is 8.35. The number of rotatable bonds is 9. The van der Waals surface area contributed by atoms with Crippen molar-refractivity contribution < 1.29 is 19.2 Å². The smallest absolute Gasteiger partial charge is 0.232 e. The number of aromatic nitrogens is 2. The molecule has 0 radical (unpaired) electrons. The van der Waals surface area contributed by atoms with Crippen LogP contribution >= 0.6 is 0 Å². The second-order valence-corrected chi connectivity index (χ2v) is 9.42. The molecule has 3 N–H and O–H groups in total. The van der Waals surface area contributed by atoms with Gasteiger partial charge in [-0.2, -0.15) is 0 Å². The van der Waals surface area contributed by atoms with Gasteiger partial charge in [-0.3, -0.25) is 19.2 Å². The maximum atomic E-state index is 13.0. The number of benzene rings is 1. The van der Waals surface area contributed by atoms with Crippen molar-refractivity contribution in [2.75, 3.05) is 49.5 Å². The van der Waals surface area contributed by atoms with Crippen molar-refractivity contribution in [2.45, 2.75) is 27.2 Å². The summed E-state index contributed by atoms with van der Waals surface area (Å²) < 4.78 is 0. The largest absolute Gasteiger partial charge is 0.368 e. The maximum Gasteiger partial charge on any atom is 0.232 e. The topological polar surface area (TPSA) is 137 Å². The number of ketones is 1. The van der Waals surface area contributed by atoms with Gasteiger partial charge in [0, 0.05) is 75.5 Å². The molecule has 2 aliphatic rings. The van der Waals surface area contributed by atoms with Crippen molar-refractivity contribution in [3.63, 3.8) is 0 Å². The van der Waals surface area contributed by atoms with Crippen LogP contribution in [0.5, 0.6) is 0 Å². The van der Waals surface area contributed by atoms with E-state index in [2.05, 4.69) is 25.8 Å². The van der Waals surface area contributed by atoms with Crippen LogP contribution in [0.2, 0.25) is 0 Å². The summed E-state index contributed by atoms with van der Waals surface area (Å²) in [5.74, 6) is 0.491. The van der Waals surface area contributed by atoms with E-state index in [1.54, 1.807) is 11.8 Å².